The molecule has 0 saturated carbocycles. The van der Waals surface area contributed by atoms with Gasteiger partial charge in [0.05, 0.1) is 0 Å². The summed E-state index contributed by atoms with van der Waals surface area (Å²) in [6, 6.07) is 15.2. The molecule has 2 aromatic carbocycles. The molecule has 0 aliphatic rings. The normalized spacial score (nSPS) is 10.6. The minimum Gasteiger partial charge on any atom is -0.489 e. The summed E-state index contributed by atoms with van der Waals surface area (Å²) in [5, 5.41) is 0. The molecule has 0 fully saturated rings. The first-order valence-corrected chi connectivity index (χ1v) is 7.15. The van der Waals surface area contributed by atoms with Crippen molar-refractivity contribution in [2.24, 2.45) is 5.92 Å². The highest BCUT2D eigenvalue weighted by Crippen LogP contribution is 2.23. The van der Waals surface area contributed by atoms with Gasteiger partial charge in [0.2, 0.25) is 0 Å². The first-order chi connectivity index (χ1) is 10.1. The molecule has 2 aromatic rings. The van der Waals surface area contributed by atoms with Gasteiger partial charge in [-0.2, -0.15) is 0 Å². The topological polar surface area (TPSA) is 52.3 Å². The summed E-state index contributed by atoms with van der Waals surface area (Å²) in [4.78, 5) is 12.2. The van der Waals surface area contributed by atoms with Crippen molar-refractivity contribution in [3.05, 3.63) is 59.7 Å². The molecule has 0 saturated heterocycles. The number of benzene rings is 2. The molecule has 110 valence electrons. The van der Waals surface area contributed by atoms with Gasteiger partial charge in [0.15, 0.2) is 5.78 Å². The van der Waals surface area contributed by atoms with Gasteiger partial charge in [0, 0.05) is 17.7 Å². The van der Waals surface area contributed by atoms with Crippen LogP contribution < -0.4 is 10.5 Å². The molecular formula is C18H21NO2. The molecule has 0 aromatic heterocycles. The number of hydrogen-bond acceptors (Lipinski definition) is 3. The second kappa shape index (κ2) is 6.93. The van der Waals surface area contributed by atoms with Gasteiger partial charge in [-0.3, -0.25) is 4.79 Å². The van der Waals surface area contributed by atoms with E-state index in [-0.39, 0.29) is 5.78 Å². The number of hydrogen-bond donors (Lipinski definition) is 1. The van der Waals surface area contributed by atoms with E-state index in [4.69, 9.17) is 10.5 Å². The first kappa shape index (κ1) is 15.1. The predicted octanol–water partition coefficient (Wildman–Crippen LogP) is 4.08. The third kappa shape index (κ3) is 4.35. The maximum absolute atomic E-state index is 12.2. The van der Waals surface area contributed by atoms with Crippen molar-refractivity contribution in [1.82, 2.24) is 0 Å². The predicted molar refractivity (Wildman–Crippen MR) is 85.4 cm³/mol. The van der Waals surface area contributed by atoms with Gasteiger partial charge in [-0.05, 0) is 29.7 Å². The molecular weight excluding hydrogens is 262 g/mol. The zero-order valence-electron chi connectivity index (χ0n) is 12.5. The Bertz CT molecular complexity index is 606. The third-order valence-corrected chi connectivity index (χ3v) is 3.17. The van der Waals surface area contributed by atoms with Gasteiger partial charge in [-0.1, -0.05) is 44.2 Å². The summed E-state index contributed by atoms with van der Waals surface area (Å²) in [5.74, 6) is 1.04. The Labute approximate surface area is 125 Å². The van der Waals surface area contributed by atoms with E-state index in [1.54, 1.807) is 18.2 Å². The summed E-state index contributed by atoms with van der Waals surface area (Å²) in [5.41, 5.74) is 8.04. The van der Waals surface area contributed by atoms with Gasteiger partial charge in [-0.25, -0.2) is 0 Å². The Balaban J connectivity index is 2.09. The largest absolute Gasteiger partial charge is 0.489 e. The van der Waals surface area contributed by atoms with E-state index in [1.807, 2.05) is 44.2 Å². The summed E-state index contributed by atoms with van der Waals surface area (Å²) in [7, 11) is 0. The molecule has 0 atom stereocenters. The molecule has 3 heteroatoms. The number of carbonyl (C=O) groups is 1. The minimum absolute atomic E-state index is 0.0626. The fourth-order valence-corrected chi connectivity index (χ4v) is 2.09. The Morgan fingerprint density at radius 2 is 1.86 bits per heavy atom. The molecule has 0 radical (unpaired) electrons. The zero-order valence-corrected chi connectivity index (χ0v) is 12.5. The highest BCUT2D eigenvalue weighted by atomic mass is 16.5. The van der Waals surface area contributed by atoms with Crippen molar-refractivity contribution in [1.29, 1.82) is 0 Å². The summed E-state index contributed by atoms with van der Waals surface area (Å²) >= 11 is 0. The Morgan fingerprint density at radius 1 is 1.14 bits per heavy atom. The van der Waals surface area contributed by atoms with Crippen LogP contribution in [0.2, 0.25) is 0 Å². The lowest BCUT2D eigenvalue weighted by Crippen LogP contribution is -2.07. The fraction of sp³-hybridized carbons (Fsp3) is 0.278. The number of Topliss-reactive ketones (excluding diaryl/α,β-unsaturated/α-hetero) is 1. The minimum atomic E-state index is 0.0626. The number of nitrogen functional groups attached to an aromatic ring is 1. The summed E-state index contributed by atoms with van der Waals surface area (Å²) in [6.45, 7) is 4.51. The van der Waals surface area contributed by atoms with Gasteiger partial charge < -0.3 is 10.5 Å². The smallest absolute Gasteiger partial charge is 0.165 e. The van der Waals surface area contributed by atoms with Crippen molar-refractivity contribution >= 4 is 11.5 Å². The van der Waals surface area contributed by atoms with E-state index in [0.29, 0.717) is 35.9 Å². The highest BCUT2D eigenvalue weighted by Gasteiger charge is 2.12. The van der Waals surface area contributed by atoms with Crippen LogP contribution in [0.3, 0.4) is 0 Å². The van der Waals surface area contributed by atoms with E-state index in [9.17, 15) is 4.79 Å². The van der Waals surface area contributed by atoms with Crippen molar-refractivity contribution < 1.29 is 9.53 Å². The van der Waals surface area contributed by atoms with Gasteiger partial charge >= 0.3 is 0 Å². The lowest BCUT2D eigenvalue weighted by atomic mass is 10.00. The standard InChI is InChI=1S/C18H21NO2/c1-13(2)10-18(20)16-11-15(8-9-17(16)19)21-12-14-6-4-3-5-7-14/h3-9,11,13H,10,12,19H2,1-2H3. The Hall–Kier alpha value is -2.29. The molecule has 0 spiro atoms. The number of ketones is 1. The summed E-state index contributed by atoms with van der Waals surface area (Å²) < 4.78 is 5.74. The van der Waals surface area contributed by atoms with Crippen LogP contribution in [-0.4, -0.2) is 5.78 Å². The summed E-state index contributed by atoms with van der Waals surface area (Å²) in [6.07, 6.45) is 0.492. The van der Waals surface area contributed by atoms with E-state index < -0.39 is 0 Å². The van der Waals surface area contributed by atoms with Crippen LogP contribution in [0.25, 0.3) is 0 Å². The molecule has 3 nitrogen and oxygen atoms in total. The molecule has 0 aliphatic heterocycles. The number of ether oxygens (including phenoxy) is 1. The van der Waals surface area contributed by atoms with Crippen molar-refractivity contribution in [2.75, 3.05) is 5.73 Å². The molecule has 0 amide bonds. The van der Waals surface area contributed by atoms with Crippen LogP contribution in [0, 0.1) is 5.92 Å². The van der Waals surface area contributed by atoms with Crippen molar-refractivity contribution in [3.63, 3.8) is 0 Å². The number of carbonyl (C=O) groups excluding carboxylic acids is 1. The van der Waals surface area contributed by atoms with Crippen molar-refractivity contribution in [2.45, 2.75) is 26.9 Å². The van der Waals surface area contributed by atoms with Gasteiger partial charge in [0.1, 0.15) is 12.4 Å². The number of rotatable bonds is 6. The fourth-order valence-electron chi connectivity index (χ4n) is 2.09. The van der Waals surface area contributed by atoms with Crippen molar-refractivity contribution in [3.8, 4) is 5.75 Å². The Morgan fingerprint density at radius 3 is 2.52 bits per heavy atom. The molecule has 0 unspecified atom stereocenters. The van der Waals surface area contributed by atoms with E-state index in [1.165, 1.54) is 0 Å². The van der Waals surface area contributed by atoms with E-state index in [0.717, 1.165) is 5.56 Å². The van der Waals surface area contributed by atoms with Crippen LogP contribution >= 0.6 is 0 Å². The average Bonchev–Trinajstić information content (AvgIpc) is 2.46. The second-order valence-electron chi connectivity index (χ2n) is 5.54. The van der Waals surface area contributed by atoms with Crippen LogP contribution in [0.1, 0.15) is 36.2 Å². The molecule has 0 bridgehead atoms. The number of anilines is 1. The maximum Gasteiger partial charge on any atom is 0.165 e. The molecule has 21 heavy (non-hydrogen) atoms. The van der Waals surface area contributed by atoms with Crippen LogP contribution in [0.4, 0.5) is 5.69 Å². The Kier molecular flexibility index (Phi) is 4.99. The SMILES string of the molecule is CC(C)CC(=O)c1cc(OCc2ccccc2)ccc1N. The van der Waals surface area contributed by atoms with Crippen LogP contribution in [-0.2, 0) is 6.61 Å². The quantitative estimate of drug-likeness (QED) is 0.642. The lowest BCUT2D eigenvalue weighted by Gasteiger charge is -2.11. The second-order valence-corrected chi connectivity index (χ2v) is 5.54. The van der Waals surface area contributed by atoms with Crippen LogP contribution in [0.15, 0.2) is 48.5 Å². The molecule has 0 aliphatic carbocycles. The molecule has 0 heterocycles. The van der Waals surface area contributed by atoms with Gasteiger partial charge in [0.25, 0.3) is 0 Å². The highest BCUT2D eigenvalue weighted by molar-refractivity contribution is 6.01. The number of nitrogens with two attached hydrogens (primary N) is 1. The molecule has 2 rings (SSSR count). The monoisotopic (exact) mass is 283 g/mol. The average molecular weight is 283 g/mol. The van der Waals surface area contributed by atoms with E-state index in [2.05, 4.69) is 0 Å². The lowest BCUT2D eigenvalue weighted by molar-refractivity contribution is 0.0968. The maximum atomic E-state index is 12.2. The van der Waals surface area contributed by atoms with Gasteiger partial charge in [-0.15, -0.1) is 0 Å². The van der Waals surface area contributed by atoms with Crippen LogP contribution in [0.5, 0.6) is 5.75 Å². The van der Waals surface area contributed by atoms with E-state index >= 15 is 0 Å². The first-order valence-electron chi connectivity index (χ1n) is 7.15. The third-order valence-electron chi connectivity index (χ3n) is 3.17. The zero-order chi connectivity index (χ0) is 15.2. The molecule has 2 N–H and O–H groups in total.